The van der Waals surface area contributed by atoms with E-state index in [1.807, 2.05) is 13.8 Å². The Bertz CT molecular complexity index is 479. The molecule has 1 heterocycles. The number of amides is 1. The van der Waals surface area contributed by atoms with Crippen LogP contribution in [0.25, 0.3) is 0 Å². The molecule has 2 rings (SSSR count). The van der Waals surface area contributed by atoms with Gasteiger partial charge in [0.15, 0.2) is 0 Å². The van der Waals surface area contributed by atoms with E-state index in [-0.39, 0.29) is 17.0 Å². The summed E-state index contributed by atoms with van der Waals surface area (Å²) in [5.74, 6) is -1.71. The molecule has 1 aliphatic heterocycles. The predicted molar refractivity (Wildman–Crippen MR) is 61.8 cm³/mol. The third-order valence-electron chi connectivity index (χ3n) is 1.98. The molecule has 0 bridgehead atoms. The van der Waals surface area contributed by atoms with Gasteiger partial charge in [-0.25, -0.2) is 9.59 Å². The number of hydrogen-bond acceptors (Lipinski definition) is 4. The lowest BCUT2D eigenvalue weighted by Crippen LogP contribution is -2.09. The largest absolute Gasteiger partial charge is 0.386 e. The quantitative estimate of drug-likeness (QED) is 0.596. The Morgan fingerprint density at radius 1 is 1.18 bits per heavy atom. The van der Waals surface area contributed by atoms with Crippen LogP contribution >= 0.6 is 0 Å². The van der Waals surface area contributed by atoms with Crippen LogP contribution in [0.15, 0.2) is 18.2 Å². The highest BCUT2D eigenvalue weighted by molar-refractivity contribution is 6.18. The molecule has 1 aromatic rings. The zero-order chi connectivity index (χ0) is 13.0. The van der Waals surface area contributed by atoms with Gasteiger partial charge < -0.3 is 10.1 Å². The first kappa shape index (κ1) is 12.9. The van der Waals surface area contributed by atoms with Crippen LogP contribution in [0.2, 0.25) is 0 Å². The summed E-state index contributed by atoms with van der Waals surface area (Å²) in [4.78, 5) is 33.3. The summed E-state index contributed by atoms with van der Waals surface area (Å²) in [6.07, 6.45) is 0. The van der Waals surface area contributed by atoms with Gasteiger partial charge in [0.05, 0.1) is 16.8 Å². The first-order chi connectivity index (χ1) is 8.09. The fourth-order valence-electron chi connectivity index (χ4n) is 1.43. The summed E-state index contributed by atoms with van der Waals surface area (Å²) in [6, 6.07) is 4.60. The van der Waals surface area contributed by atoms with E-state index in [1.165, 1.54) is 13.0 Å². The minimum Gasteiger partial charge on any atom is -0.386 e. The number of rotatable bonds is 1. The highest BCUT2D eigenvalue weighted by Crippen LogP contribution is 2.27. The van der Waals surface area contributed by atoms with Crippen LogP contribution in [-0.2, 0) is 9.53 Å². The first-order valence-electron chi connectivity index (χ1n) is 5.26. The molecule has 0 unspecified atom stereocenters. The Hall–Kier alpha value is -2.17. The van der Waals surface area contributed by atoms with Gasteiger partial charge in [-0.15, -0.1) is 0 Å². The fraction of sp³-hybridized carbons (Fsp3) is 0.250. The summed E-state index contributed by atoms with van der Waals surface area (Å²) in [5.41, 5.74) is 0.611. The second-order valence-electron chi connectivity index (χ2n) is 3.09. The van der Waals surface area contributed by atoms with E-state index in [9.17, 15) is 14.4 Å². The summed E-state index contributed by atoms with van der Waals surface area (Å²) in [5, 5.41) is 2.46. The van der Waals surface area contributed by atoms with Gasteiger partial charge in [0.25, 0.3) is 0 Å². The summed E-state index contributed by atoms with van der Waals surface area (Å²) in [7, 11) is 0. The maximum absolute atomic E-state index is 11.3. The molecule has 0 aliphatic carbocycles. The van der Waals surface area contributed by atoms with Crippen molar-refractivity contribution in [3.05, 3.63) is 29.3 Å². The van der Waals surface area contributed by atoms with Crippen LogP contribution in [-0.4, -0.2) is 17.8 Å². The van der Waals surface area contributed by atoms with E-state index in [0.717, 1.165) is 0 Å². The molecule has 1 amide bonds. The molecule has 1 N–H and O–H groups in total. The maximum atomic E-state index is 11.3. The molecule has 1 aliphatic rings. The zero-order valence-corrected chi connectivity index (χ0v) is 9.87. The van der Waals surface area contributed by atoms with E-state index in [2.05, 4.69) is 10.1 Å². The molecule has 5 heteroatoms. The molecule has 0 saturated heterocycles. The predicted octanol–water partition coefficient (Wildman–Crippen LogP) is 1.98. The van der Waals surface area contributed by atoms with E-state index in [4.69, 9.17) is 0 Å². The van der Waals surface area contributed by atoms with E-state index in [1.54, 1.807) is 12.1 Å². The van der Waals surface area contributed by atoms with Crippen molar-refractivity contribution in [1.82, 2.24) is 0 Å². The number of cyclic esters (lactones) is 2. The van der Waals surface area contributed by atoms with Crippen molar-refractivity contribution in [3.63, 3.8) is 0 Å². The Kier molecular flexibility index (Phi) is 3.98. The van der Waals surface area contributed by atoms with Crippen LogP contribution in [0.3, 0.4) is 0 Å². The van der Waals surface area contributed by atoms with Crippen molar-refractivity contribution in [2.75, 3.05) is 5.32 Å². The van der Waals surface area contributed by atoms with Gasteiger partial charge in [0.1, 0.15) is 0 Å². The first-order valence-corrected chi connectivity index (χ1v) is 5.26. The molecule has 0 radical (unpaired) electrons. The number of ether oxygens (including phenoxy) is 1. The smallest absolute Gasteiger partial charge is 0.349 e. The van der Waals surface area contributed by atoms with Crippen molar-refractivity contribution in [1.29, 1.82) is 0 Å². The van der Waals surface area contributed by atoms with Crippen molar-refractivity contribution >= 4 is 23.5 Å². The minimum absolute atomic E-state index is 0.123. The number of carbonyl (C=O) groups excluding carboxylic acids is 3. The lowest BCUT2D eigenvalue weighted by atomic mass is 10.1. The Balaban J connectivity index is 0.000000686. The standard InChI is InChI=1S/C10H7NO4.C2H6/c1-5(12)11-7-4-2-3-6-8(7)10(14)15-9(6)13;1-2/h2-4H,1H3,(H,11,12);1-2H3. The van der Waals surface area contributed by atoms with E-state index >= 15 is 0 Å². The van der Waals surface area contributed by atoms with Crippen LogP contribution in [0, 0.1) is 0 Å². The molecule has 90 valence electrons. The van der Waals surface area contributed by atoms with Gasteiger partial charge in [-0.2, -0.15) is 0 Å². The second-order valence-corrected chi connectivity index (χ2v) is 3.09. The monoisotopic (exact) mass is 235 g/mol. The van der Waals surface area contributed by atoms with Crippen molar-refractivity contribution < 1.29 is 19.1 Å². The minimum atomic E-state index is -0.723. The molecule has 0 aromatic heterocycles. The summed E-state index contributed by atoms with van der Waals surface area (Å²) in [6.45, 7) is 5.32. The maximum Gasteiger partial charge on any atom is 0.349 e. The van der Waals surface area contributed by atoms with Crippen molar-refractivity contribution in [2.45, 2.75) is 20.8 Å². The number of esters is 2. The van der Waals surface area contributed by atoms with Crippen LogP contribution in [0.4, 0.5) is 5.69 Å². The van der Waals surface area contributed by atoms with Gasteiger partial charge in [0, 0.05) is 6.92 Å². The van der Waals surface area contributed by atoms with Crippen LogP contribution in [0.5, 0.6) is 0 Å². The molecular weight excluding hydrogens is 222 g/mol. The molecule has 0 saturated carbocycles. The van der Waals surface area contributed by atoms with Crippen LogP contribution in [0.1, 0.15) is 41.5 Å². The molecule has 1 aromatic carbocycles. The summed E-state index contributed by atoms with van der Waals surface area (Å²) >= 11 is 0. The number of nitrogens with one attached hydrogen (secondary N) is 1. The van der Waals surface area contributed by atoms with E-state index in [0.29, 0.717) is 5.69 Å². The van der Waals surface area contributed by atoms with Crippen LogP contribution < -0.4 is 5.32 Å². The molecule has 5 nitrogen and oxygen atoms in total. The third-order valence-corrected chi connectivity index (χ3v) is 1.98. The second kappa shape index (κ2) is 5.25. The number of carbonyl (C=O) groups is 3. The van der Waals surface area contributed by atoms with Gasteiger partial charge in [-0.1, -0.05) is 19.9 Å². The molecular formula is C12H13NO4. The number of fused-ring (bicyclic) bond motifs is 1. The summed E-state index contributed by atoms with van der Waals surface area (Å²) < 4.78 is 4.42. The lowest BCUT2D eigenvalue weighted by Gasteiger charge is -2.03. The highest BCUT2D eigenvalue weighted by Gasteiger charge is 2.32. The van der Waals surface area contributed by atoms with Gasteiger partial charge in [-0.05, 0) is 12.1 Å². The Labute approximate surface area is 98.8 Å². The lowest BCUT2D eigenvalue weighted by molar-refractivity contribution is -0.114. The SMILES string of the molecule is CC.CC(=O)Nc1cccc2c1C(=O)OC2=O. The average molecular weight is 235 g/mol. The number of hydrogen-bond donors (Lipinski definition) is 1. The third kappa shape index (κ3) is 2.50. The average Bonchev–Trinajstić information content (AvgIpc) is 2.58. The fourth-order valence-corrected chi connectivity index (χ4v) is 1.43. The molecule has 0 atom stereocenters. The van der Waals surface area contributed by atoms with E-state index < -0.39 is 11.9 Å². The molecule has 17 heavy (non-hydrogen) atoms. The van der Waals surface area contributed by atoms with Crippen molar-refractivity contribution in [3.8, 4) is 0 Å². The normalized spacial score (nSPS) is 12.2. The van der Waals surface area contributed by atoms with Gasteiger partial charge in [0.2, 0.25) is 5.91 Å². The number of benzene rings is 1. The Morgan fingerprint density at radius 2 is 1.82 bits per heavy atom. The topological polar surface area (TPSA) is 72.5 Å². The van der Waals surface area contributed by atoms with Gasteiger partial charge >= 0.3 is 11.9 Å². The zero-order valence-electron chi connectivity index (χ0n) is 9.87. The molecule has 0 spiro atoms. The highest BCUT2D eigenvalue weighted by atomic mass is 16.6. The van der Waals surface area contributed by atoms with Crippen molar-refractivity contribution in [2.24, 2.45) is 0 Å². The molecule has 0 fully saturated rings. The van der Waals surface area contributed by atoms with Gasteiger partial charge in [-0.3, -0.25) is 4.79 Å². The Morgan fingerprint density at radius 3 is 2.41 bits per heavy atom. The number of anilines is 1.